The highest BCUT2D eigenvalue weighted by Gasteiger charge is 2.24. The van der Waals surface area contributed by atoms with Crippen LogP contribution < -0.4 is 5.32 Å². The second-order valence-electron chi connectivity index (χ2n) is 5.87. The van der Waals surface area contributed by atoms with E-state index in [0.29, 0.717) is 18.8 Å². The number of amides is 1. The molecule has 1 unspecified atom stereocenters. The number of hydrogen-bond acceptors (Lipinski definition) is 3. The Hall–Kier alpha value is -2.44. The number of hydrogen-bond donors (Lipinski definition) is 1. The first-order valence-electron chi connectivity index (χ1n) is 7.99. The summed E-state index contributed by atoms with van der Waals surface area (Å²) in [5.74, 6) is -0.215. The second kappa shape index (κ2) is 6.82. The van der Waals surface area contributed by atoms with Crippen molar-refractivity contribution in [2.75, 3.05) is 5.32 Å². The lowest BCUT2D eigenvalue weighted by atomic mass is 10.1. The van der Waals surface area contributed by atoms with E-state index >= 15 is 0 Å². The molecule has 0 fully saturated rings. The molecule has 0 spiro atoms. The van der Waals surface area contributed by atoms with Gasteiger partial charge in [-0.2, -0.15) is 5.10 Å². The Morgan fingerprint density at radius 3 is 2.68 bits per heavy atom. The largest absolute Gasteiger partial charge is 0.365 e. The summed E-state index contributed by atoms with van der Waals surface area (Å²) in [5, 5.41) is 7.31. The summed E-state index contributed by atoms with van der Waals surface area (Å²) >= 11 is 3.44. The number of carbonyl (C=O) groups excluding carboxylic acids is 1. The Morgan fingerprint density at radius 2 is 1.92 bits per heavy atom. The number of rotatable bonds is 3. The lowest BCUT2D eigenvalue weighted by Crippen LogP contribution is -2.22. The van der Waals surface area contributed by atoms with E-state index in [-0.39, 0.29) is 12.0 Å². The van der Waals surface area contributed by atoms with Gasteiger partial charge in [0.2, 0.25) is 0 Å². The number of ether oxygens (including phenoxy) is 1. The lowest BCUT2D eigenvalue weighted by Gasteiger charge is -2.24. The molecule has 2 heterocycles. The molecule has 0 radical (unpaired) electrons. The average Bonchev–Trinajstić information content (AvgIpc) is 3.06. The molecule has 126 valence electrons. The van der Waals surface area contributed by atoms with Crippen LogP contribution in [0.1, 0.15) is 27.8 Å². The van der Waals surface area contributed by atoms with E-state index in [1.807, 2.05) is 59.3 Å². The first kappa shape index (κ1) is 16.1. The summed E-state index contributed by atoms with van der Waals surface area (Å²) in [4.78, 5) is 12.4. The van der Waals surface area contributed by atoms with E-state index in [9.17, 15) is 4.79 Å². The SMILES string of the molecule is O=C(Nc1ccccc1)c1cc2n(n1)CC(c1ccc(Br)cc1)OC2. The Labute approximate surface area is 153 Å². The summed E-state index contributed by atoms with van der Waals surface area (Å²) in [5.41, 5.74) is 3.16. The fraction of sp³-hybridized carbons (Fsp3) is 0.158. The van der Waals surface area contributed by atoms with Crippen LogP contribution >= 0.6 is 15.9 Å². The van der Waals surface area contributed by atoms with Crippen molar-refractivity contribution < 1.29 is 9.53 Å². The standard InChI is InChI=1S/C19H16BrN3O2/c20-14-8-6-13(7-9-14)18-11-23-16(12-25-18)10-17(22-23)19(24)21-15-4-2-1-3-5-15/h1-10,18H,11-12H2,(H,21,24). The molecule has 1 aliphatic rings. The number of anilines is 1. The van der Waals surface area contributed by atoms with Gasteiger partial charge in [0.05, 0.1) is 18.8 Å². The van der Waals surface area contributed by atoms with Crippen LogP contribution in [-0.2, 0) is 17.9 Å². The van der Waals surface area contributed by atoms with Gasteiger partial charge in [-0.15, -0.1) is 0 Å². The Balaban J connectivity index is 1.50. The molecule has 1 aromatic heterocycles. The number of aromatic nitrogens is 2. The maximum atomic E-state index is 12.4. The molecule has 1 aliphatic heterocycles. The van der Waals surface area contributed by atoms with Crippen molar-refractivity contribution >= 4 is 27.5 Å². The third-order valence-corrected chi connectivity index (χ3v) is 4.67. The van der Waals surface area contributed by atoms with Crippen LogP contribution in [0.2, 0.25) is 0 Å². The predicted molar refractivity (Wildman–Crippen MR) is 98.3 cm³/mol. The quantitative estimate of drug-likeness (QED) is 0.721. The molecular formula is C19H16BrN3O2. The zero-order valence-electron chi connectivity index (χ0n) is 13.4. The van der Waals surface area contributed by atoms with Crippen LogP contribution in [0.25, 0.3) is 0 Å². The Bertz CT molecular complexity index is 891. The average molecular weight is 398 g/mol. The van der Waals surface area contributed by atoms with Crippen LogP contribution in [-0.4, -0.2) is 15.7 Å². The van der Waals surface area contributed by atoms with E-state index < -0.39 is 0 Å². The predicted octanol–water partition coefficient (Wildman–Crippen LogP) is 4.17. The molecular weight excluding hydrogens is 382 g/mol. The zero-order valence-corrected chi connectivity index (χ0v) is 14.9. The fourth-order valence-electron chi connectivity index (χ4n) is 2.83. The molecule has 0 saturated heterocycles. The third kappa shape index (κ3) is 3.50. The number of nitrogens with one attached hydrogen (secondary N) is 1. The van der Waals surface area contributed by atoms with Gasteiger partial charge in [0, 0.05) is 10.2 Å². The fourth-order valence-corrected chi connectivity index (χ4v) is 3.10. The summed E-state index contributed by atoms with van der Waals surface area (Å²) < 4.78 is 8.83. The van der Waals surface area contributed by atoms with Crippen LogP contribution in [0.4, 0.5) is 5.69 Å². The number of halogens is 1. The zero-order chi connectivity index (χ0) is 17.2. The van der Waals surface area contributed by atoms with Crippen LogP contribution in [0.15, 0.2) is 65.1 Å². The van der Waals surface area contributed by atoms with Gasteiger partial charge >= 0.3 is 0 Å². The Kier molecular flexibility index (Phi) is 4.38. The molecule has 1 atom stereocenters. The molecule has 1 amide bonds. The van der Waals surface area contributed by atoms with Crippen molar-refractivity contribution in [3.05, 3.63) is 82.1 Å². The van der Waals surface area contributed by atoms with Gasteiger partial charge in [-0.3, -0.25) is 9.48 Å². The number of nitrogens with zero attached hydrogens (tertiary/aromatic N) is 2. The van der Waals surface area contributed by atoms with Crippen molar-refractivity contribution in [3.8, 4) is 0 Å². The Morgan fingerprint density at radius 1 is 1.16 bits per heavy atom. The van der Waals surface area contributed by atoms with Crippen LogP contribution in [0.5, 0.6) is 0 Å². The molecule has 6 heteroatoms. The molecule has 2 aromatic carbocycles. The maximum absolute atomic E-state index is 12.4. The molecule has 25 heavy (non-hydrogen) atoms. The van der Waals surface area contributed by atoms with Gasteiger partial charge in [-0.25, -0.2) is 0 Å². The first-order chi connectivity index (χ1) is 12.2. The van der Waals surface area contributed by atoms with E-state index in [4.69, 9.17) is 4.74 Å². The van der Waals surface area contributed by atoms with Gasteiger partial charge in [-0.1, -0.05) is 46.3 Å². The van der Waals surface area contributed by atoms with Gasteiger partial charge in [0.15, 0.2) is 5.69 Å². The van der Waals surface area contributed by atoms with Gasteiger partial charge < -0.3 is 10.1 Å². The van der Waals surface area contributed by atoms with Gasteiger partial charge in [0.25, 0.3) is 5.91 Å². The molecule has 5 nitrogen and oxygen atoms in total. The first-order valence-corrected chi connectivity index (χ1v) is 8.78. The summed E-state index contributed by atoms with van der Waals surface area (Å²) in [6.45, 7) is 1.03. The van der Waals surface area contributed by atoms with Crippen molar-refractivity contribution in [2.45, 2.75) is 19.3 Å². The van der Waals surface area contributed by atoms with Gasteiger partial charge in [-0.05, 0) is 35.9 Å². The number of fused-ring (bicyclic) bond motifs is 1. The summed E-state index contributed by atoms with van der Waals surface area (Å²) in [7, 11) is 0. The van der Waals surface area contributed by atoms with E-state index in [1.54, 1.807) is 6.07 Å². The van der Waals surface area contributed by atoms with Crippen LogP contribution in [0, 0.1) is 0 Å². The monoisotopic (exact) mass is 397 g/mol. The van der Waals surface area contributed by atoms with Crippen molar-refractivity contribution in [3.63, 3.8) is 0 Å². The minimum Gasteiger partial charge on any atom is -0.365 e. The lowest BCUT2D eigenvalue weighted by molar-refractivity contribution is -0.00119. The molecule has 0 aliphatic carbocycles. The minimum atomic E-state index is -0.215. The van der Waals surface area contributed by atoms with Crippen molar-refractivity contribution in [2.24, 2.45) is 0 Å². The highest BCUT2D eigenvalue weighted by Crippen LogP contribution is 2.27. The van der Waals surface area contributed by atoms with Crippen LogP contribution in [0.3, 0.4) is 0 Å². The second-order valence-corrected chi connectivity index (χ2v) is 6.79. The number of para-hydroxylation sites is 1. The summed E-state index contributed by atoms with van der Waals surface area (Å²) in [6, 6.07) is 19.2. The van der Waals surface area contributed by atoms with E-state index in [2.05, 4.69) is 26.3 Å². The van der Waals surface area contributed by atoms with E-state index in [1.165, 1.54) is 0 Å². The van der Waals surface area contributed by atoms with Crippen molar-refractivity contribution in [1.82, 2.24) is 9.78 Å². The normalized spacial score (nSPS) is 16.3. The molecule has 4 rings (SSSR count). The molecule has 3 aromatic rings. The van der Waals surface area contributed by atoms with E-state index in [0.717, 1.165) is 21.4 Å². The topological polar surface area (TPSA) is 56.2 Å². The number of benzene rings is 2. The minimum absolute atomic E-state index is 0.0643. The summed E-state index contributed by atoms with van der Waals surface area (Å²) in [6.07, 6.45) is -0.0643. The highest BCUT2D eigenvalue weighted by molar-refractivity contribution is 9.10. The maximum Gasteiger partial charge on any atom is 0.276 e. The smallest absolute Gasteiger partial charge is 0.276 e. The highest BCUT2D eigenvalue weighted by atomic mass is 79.9. The number of carbonyl (C=O) groups is 1. The molecule has 1 N–H and O–H groups in total. The molecule has 0 bridgehead atoms. The van der Waals surface area contributed by atoms with Gasteiger partial charge in [0.1, 0.15) is 6.10 Å². The third-order valence-electron chi connectivity index (χ3n) is 4.14. The van der Waals surface area contributed by atoms with Crippen molar-refractivity contribution in [1.29, 1.82) is 0 Å². The molecule has 0 saturated carbocycles.